The average molecular weight is 389 g/mol. The molecule has 0 aliphatic heterocycles. The van der Waals surface area contributed by atoms with Crippen LogP contribution in [-0.2, 0) is 0 Å². The van der Waals surface area contributed by atoms with Crippen LogP contribution in [0.15, 0.2) is 27.1 Å². The van der Waals surface area contributed by atoms with Crippen molar-refractivity contribution in [2.45, 2.75) is 46.1 Å². The molecule has 1 aliphatic rings. The summed E-state index contributed by atoms with van der Waals surface area (Å²) in [7, 11) is 0. The van der Waals surface area contributed by atoms with E-state index >= 15 is 0 Å². The van der Waals surface area contributed by atoms with Gasteiger partial charge in [-0.1, -0.05) is 59.1 Å². The SMILES string of the molecule is CCNC(c1cc(Br)ccc1Br)C1CCCC1(C)C. The van der Waals surface area contributed by atoms with Crippen molar-refractivity contribution in [3.8, 4) is 0 Å². The minimum absolute atomic E-state index is 0.425. The van der Waals surface area contributed by atoms with Crippen LogP contribution in [0, 0.1) is 11.3 Å². The summed E-state index contributed by atoms with van der Waals surface area (Å²) in [6.45, 7) is 8.04. The Morgan fingerprint density at radius 2 is 2.11 bits per heavy atom. The van der Waals surface area contributed by atoms with Crippen LogP contribution in [-0.4, -0.2) is 6.54 Å². The van der Waals surface area contributed by atoms with E-state index in [0.29, 0.717) is 17.4 Å². The number of rotatable bonds is 4. The van der Waals surface area contributed by atoms with Gasteiger partial charge < -0.3 is 5.32 Å². The van der Waals surface area contributed by atoms with Gasteiger partial charge in [-0.25, -0.2) is 0 Å². The molecule has 0 aromatic heterocycles. The Balaban J connectivity index is 2.37. The van der Waals surface area contributed by atoms with Crippen molar-refractivity contribution in [3.05, 3.63) is 32.7 Å². The van der Waals surface area contributed by atoms with E-state index in [1.165, 1.54) is 29.3 Å². The second-order valence-corrected chi connectivity index (χ2v) is 7.96. The highest BCUT2D eigenvalue weighted by Gasteiger charge is 2.40. The van der Waals surface area contributed by atoms with Gasteiger partial charge in [0.25, 0.3) is 0 Å². The zero-order valence-electron chi connectivity index (χ0n) is 12.0. The number of nitrogens with one attached hydrogen (secondary N) is 1. The van der Waals surface area contributed by atoms with Crippen LogP contribution in [0.5, 0.6) is 0 Å². The minimum atomic E-state index is 0.425. The lowest BCUT2D eigenvalue weighted by Crippen LogP contribution is -2.34. The van der Waals surface area contributed by atoms with Gasteiger partial charge in [0.2, 0.25) is 0 Å². The van der Waals surface area contributed by atoms with Crippen molar-refractivity contribution in [2.75, 3.05) is 6.54 Å². The van der Waals surface area contributed by atoms with Crippen molar-refractivity contribution in [2.24, 2.45) is 11.3 Å². The summed E-state index contributed by atoms with van der Waals surface area (Å²) in [5.74, 6) is 0.707. The summed E-state index contributed by atoms with van der Waals surface area (Å²) in [5.41, 5.74) is 1.81. The highest BCUT2D eigenvalue weighted by atomic mass is 79.9. The Morgan fingerprint density at radius 1 is 1.37 bits per heavy atom. The summed E-state index contributed by atoms with van der Waals surface area (Å²) in [6.07, 6.45) is 4.01. The van der Waals surface area contributed by atoms with E-state index in [1.807, 2.05) is 0 Å². The van der Waals surface area contributed by atoms with Gasteiger partial charge in [-0.3, -0.25) is 0 Å². The average Bonchev–Trinajstić information content (AvgIpc) is 2.69. The topological polar surface area (TPSA) is 12.0 Å². The fraction of sp³-hybridized carbons (Fsp3) is 0.625. The van der Waals surface area contributed by atoms with Gasteiger partial charge in [-0.2, -0.15) is 0 Å². The van der Waals surface area contributed by atoms with Crippen molar-refractivity contribution < 1.29 is 0 Å². The molecule has 1 fully saturated rings. The summed E-state index contributed by atoms with van der Waals surface area (Å²) in [6, 6.07) is 6.93. The molecule has 1 N–H and O–H groups in total. The first kappa shape index (κ1) is 15.5. The van der Waals surface area contributed by atoms with Gasteiger partial charge >= 0.3 is 0 Å². The molecule has 1 aromatic rings. The molecule has 0 heterocycles. The number of hydrogen-bond acceptors (Lipinski definition) is 1. The first-order valence-corrected chi connectivity index (χ1v) is 8.72. The molecule has 19 heavy (non-hydrogen) atoms. The number of benzene rings is 1. The molecule has 1 nitrogen and oxygen atoms in total. The van der Waals surface area contributed by atoms with E-state index in [4.69, 9.17) is 0 Å². The molecule has 1 aliphatic carbocycles. The molecular formula is C16H23Br2N. The standard InChI is InChI=1S/C16H23Br2N/c1-4-19-15(13-6-5-9-16(13,2)3)12-10-11(17)7-8-14(12)18/h7-8,10,13,15,19H,4-6,9H2,1-3H3. The summed E-state index contributed by atoms with van der Waals surface area (Å²) < 4.78 is 2.37. The molecule has 2 atom stereocenters. The van der Waals surface area contributed by atoms with Crippen LogP contribution in [0.25, 0.3) is 0 Å². The first-order chi connectivity index (χ1) is 8.95. The van der Waals surface area contributed by atoms with E-state index in [0.717, 1.165) is 11.0 Å². The van der Waals surface area contributed by atoms with Crippen LogP contribution >= 0.6 is 31.9 Å². The molecule has 1 saturated carbocycles. The fourth-order valence-electron chi connectivity index (χ4n) is 3.41. The third-order valence-corrected chi connectivity index (χ3v) is 5.67. The maximum absolute atomic E-state index is 3.72. The predicted molar refractivity (Wildman–Crippen MR) is 89.4 cm³/mol. The van der Waals surface area contributed by atoms with Gasteiger partial charge in [0.1, 0.15) is 0 Å². The highest BCUT2D eigenvalue weighted by molar-refractivity contribution is 9.11. The third-order valence-electron chi connectivity index (χ3n) is 4.46. The minimum Gasteiger partial charge on any atom is -0.310 e. The summed E-state index contributed by atoms with van der Waals surface area (Å²) in [5, 5.41) is 3.71. The maximum Gasteiger partial charge on any atom is 0.0365 e. The smallest absolute Gasteiger partial charge is 0.0365 e. The summed E-state index contributed by atoms with van der Waals surface area (Å²) >= 11 is 7.33. The molecular weight excluding hydrogens is 366 g/mol. The van der Waals surface area contributed by atoms with Crippen LogP contribution in [0.2, 0.25) is 0 Å². The van der Waals surface area contributed by atoms with Gasteiger partial charge in [-0.05, 0) is 54.5 Å². The normalized spacial score (nSPS) is 23.5. The van der Waals surface area contributed by atoms with Crippen molar-refractivity contribution in [1.82, 2.24) is 5.32 Å². The summed E-state index contributed by atoms with van der Waals surface area (Å²) in [4.78, 5) is 0. The predicted octanol–water partition coefficient (Wildman–Crippen LogP) is 5.69. The largest absolute Gasteiger partial charge is 0.310 e. The second kappa shape index (κ2) is 6.28. The van der Waals surface area contributed by atoms with Gasteiger partial charge in [0.15, 0.2) is 0 Å². The lowest BCUT2D eigenvalue weighted by atomic mass is 9.75. The Kier molecular flexibility index (Phi) is 5.13. The van der Waals surface area contributed by atoms with E-state index in [1.54, 1.807) is 0 Å². The molecule has 3 heteroatoms. The first-order valence-electron chi connectivity index (χ1n) is 7.14. The molecule has 0 bridgehead atoms. The zero-order chi connectivity index (χ0) is 14.0. The molecule has 0 saturated heterocycles. The van der Waals surface area contributed by atoms with Gasteiger partial charge in [0.05, 0.1) is 0 Å². The van der Waals surface area contributed by atoms with Crippen molar-refractivity contribution in [3.63, 3.8) is 0 Å². The van der Waals surface area contributed by atoms with Crippen molar-refractivity contribution in [1.29, 1.82) is 0 Å². The Bertz CT molecular complexity index is 442. The van der Waals surface area contributed by atoms with Crippen molar-refractivity contribution >= 4 is 31.9 Å². The Labute approximate surface area is 133 Å². The molecule has 0 spiro atoms. The monoisotopic (exact) mass is 387 g/mol. The van der Waals surface area contributed by atoms with E-state index in [-0.39, 0.29) is 0 Å². The molecule has 1 aromatic carbocycles. The number of hydrogen-bond donors (Lipinski definition) is 1. The lowest BCUT2D eigenvalue weighted by Gasteiger charge is -2.35. The van der Waals surface area contributed by atoms with Crippen LogP contribution in [0.4, 0.5) is 0 Å². The molecule has 0 radical (unpaired) electrons. The van der Waals surface area contributed by atoms with Gasteiger partial charge in [0, 0.05) is 15.0 Å². The molecule has 2 unspecified atom stereocenters. The Morgan fingerprint density at radius 3 is 2.68 bits per heavy atom. The maximum atomic E-state index is 3.72. The molecule has 106 valence electrons. The molecule has 0 amide bonds. The fourth-order valence-corrected chi connectivity index (χ4v) is 4.29. The molecule has 2 rings (SSSR count). The van der Waals surface area contributed by atoms with E-state index in [9.17, 15) is 0 Å². The lowest BCUT2D eigenvalue weighted by molar-refractivity contribution is 0.199. The zero-order valence-corrected chi connectivity index (χ0v) is 15.1. The number of halogens is 2. The van der Waals surface area contributed by atoms with Gasteiger partial charge in [-0.15, -0.1) is 0 Å². The van der Waals surface area contributed by atoms with Crippen LogP contribution in [0.3, 0.4) is 0 Å². The third kappa shape index (κ3) is 3.43. The van der Waals surface area contributed by atoms with Crippen LogP contribution in [0.1, 0.15) is 51.6 Å². The quantitative estimate of drug-likeness (QED) is 0.698. The van der Waals surface area contributed by atoms with Crippen LogP contribution < -0.4 is 5.32 Å². The van der Waals surface area contributed by atoms with E-state index < -0.39 is 0 Å². The second-order valence-electron chi connectivity index (χ2n) is 6.19. The van der Waals surface area contributed by atoms with E-state index in [2.05, 4.69) is 76.1 Å². The Hall–Kier alpha value is 0.140. The highest BCUT2D eigenvalue weighted by Crippen LogP contribution is 2.49.